The molecular formula is C22H20FN3O3. The van der Waals surface area contributed by atoms with Crippen molar-refractivity contribution >= 4 is 11.9 Å². The lowest BCUT2D eigenvalue weighted by Gasteiger charge is -2.34. The molecule has 29 heavy (non-hydrogen) atoms. The van der Waals surface area contributed by atoms with Crippen LogP contribution in [-0.4, -0.2) is 39.5 Å². The monoisotopic (exact) mass is 393 g/mol. The van der Waals surface area contributed by atoms with E-state index in [9.17, 15) is 14.0 Å². The minimum Gasteiger partial charge on any atom is -0.467 e. The van der Waals surface area contributed by atoms with Crippen molar-refractivity contribution in [3.8, 4) is 0 Å². The highest BCUT2D eigenvalue weighted by atomic mass is 19.1. The largest absolute Gasteiger partial charge is 0.467 e. The Hall–Kier alpha value is -3.48. The van der Waals surface area contributed by atoms with Gasteiger partial charge in [-0.05, 0) is 29.8 Å². The summed E-state index contributed by atoms with van der Waals surface area (Å²) in [5, 5.41) is 0. The van der Waals surface area contributed by atoms with Gasteiger partial charge in [-0.1, -0.05) is 30.3 Å². The Labute approximate surface area is 167 Å². The van der Waals surface area contributed by atoms with Gasteiger partial charge in [0.2, 0.25) is 0 Å². The molecule has 0 fully saturated rings. The van der Waals surface area contributed by atoms with Gasteiger partial charge in [0.05, 0.1) is 31.4 Å². The third-order valence-electron chi connectivity index (χ3n) is 5.14. The predicted octanol–water partition coefficient (Wildman–Crippen LogP) is 2.81. The number of benzene rings is 2. The van der Waals surface area contributed by atoms with Crippen LogP contribution in [0.25, 0.3) is 0 Å². The van der Waals surface area contributed by atoms with Crippen LogP contribution in [0.1, 0.15) is 27.3 Å². The zero-order valence-corrected chi connectivity index (χ0v) is 15.9. The van der Waals surface area contributed by atoms with Crippen molar-refractivity contribution in [1.29, 1.82) is 0 Å². The molecule has 3 aromatic rings. The predicted molar refractivity (Wildman–Crippen MR) is 104 cm³/mol. The molecule has 0 radical (unpaired) electrons. The molecule has 148 valence electrons. The third kappa shape index (κ3) is 3.76. The van der Waals surface area contributed by atoms with Crippen LogP contribution in [0.4, 0.5) is 4.39 Å². The first kappa shape index (κ1) is 18.9. The summed E-state index contributed by atoms with van der Waals surface area (Å²) in [4.78, 5) is 31.4. The fourth-order valence-electron chi connectivity index (χ4n) is 3.60. The molecule has 0 spiro atoms. The Kier molecular flexibility index (Phi) is 5.12. The van der Waals surface area contributed by atoms with Crippen molar-refractivity contribution in [1.82, 2.24) is 14.5 Å². The molecule has 1 aliphatic rings. The first-order valence-corrected chi connectivity index (χ1v) is 9.28. The molecule has 2 aromatic carbocycles. The Balaban J connectivity index is 1.66. The van der Waals surface area contributed by atoms with Crippen molar-refractivity contribution < 1.29 is 18.7 Å². The number of halogens is 1. The zero-order chi connectivity index (χ0) is 20.4. The van der Waals surface area contributed by atoms with Gasteiger partial charge in [-0.3, -0.25) is 4.79 Å². The summed E-state index contributed by atoms with van der Waals surface area (Å²) in [5.41, 5.74) is 3.08. The van der Waals surface area contributed by atoms with Crippen LogP contribution in [0.5, 0.6) is 0 Å². The van der Waals surface area contributed by atoms with E-state index in [-0.39, 0.29) is 18.9 Å². The lowest BCUT2D eigenvalue weighted by atomic mass is 10.0. The highest BCUT2D eigenvalue weighted by Gasteiger charge is 2.38. The Bertz CT molecular complexity index is 1030. The van der Waals surface area contributed by atoms with Crippen molar-refractivity contribution in [3.05, 3.63) is 89.3 Å². The number of carbonyl (C=O) groups excluding carboxylic acids is 2. The average Bonchev–Trinajstić information content (AvgIpc) is 3.14. The number of esters is 1. The van der Waals surface area contributed by atoms with E-state index in [1.165, 1.54) is 36.3 Å². The minimum absolute atomic E-state index is 0.220. The second-order valence-electron chi connectivity index (χ2n) is 6.93. The number of rotatable bonds is 4. The third-order valence-corrected chi connectivity index (χ3v) is 5.14. The first-order chi connectivity index (χ1) is 14.1. The SMILES string of the molecule is COC(=O)C1Cc2ncn(Cc3ccccc3)c2CN1C(=O)c1ccc(F)cc1. The molecule has 1 atom stereocenters. The zero-order valence-electron chi connectivity index (χ0n) is 15.9. The van der Waals surface area contributed by atoms with Gasteiger partial charge in [0.15, 0.2) is 0 Å². The molecule has 7 heteroatoms. The summed E-state index contributed by atoms with van der Waals surface area (Å²) < 4.78 is 20.2. The second kappa shape index (κ2) is 7.87. The van der Waals surface area contributed by atoms with Crippen LogP contribution in [0.15, 0.2) is 60.9 Å². The number of hydrogen-bond acceptors (Lipinski definition) is 4. The lowest BCUT2D eigenvalue weighted by Crippen LogP contribution is -2.49. The van der Waals surface area contributed by atoms with E-state index in [1.807, 2.05) is 34.9 Å². The van der Waals surface area contributed by atoms with Crippen LogP contribution < -0.4 is 0 Å². The van der Waals surface area contributed by atoms with E-state index in [0.717, 1.165) is 17.0 Å². The van der Waals surface area contributed by atoms with Crippen molar-refractivity contribution in [2.75, 3.05) is 7.11 Å². The number of imidazole rings is 1. The number of fused-ring (bicyclic) bond motifs is 1. The standard InChI is InChI=1S/C22H20FN3O3/c1-29-22(28)19-11-18-20(25(14-24-18)12-15-5-3-2-4-6-15)13-26(19)21(27)16-7-9-17(23)10-8-16/h2-10,14,19H,11-13H2,1H3. The van der Waals surface area contributed by atoms with Crippen molar-refractivity contribution in [2.24, 2.45) is 0 Å². The maximum atomic E-state index is 13.3. The fraction of sp³-hybridized carbons (Fsp3) is 0.227. The molecule has 2 heterocycles. The Morgan fingerprint density at radius 1 is 1.14 bits per heavy atom. The molecule has 0 saturated carbocycles. The fourth-order valence-corrected chi connectivity index (χ4v) is 3.60. The first-order valence-electron chi connectivity index (χ1n) is 9.28. The topological polar surface area (TPSA) is 64.4 Å². The Morgan fingerprint density at radius 2 is 1.86 bits per heavy atom. The van der Waals surface area contributed by atoms with Crippen molar-refractivity contribution in [3.63, 3.8) is 0 Å². The maximum absolute atomic E-state index is 13.3. The second-order valence-corrected chi connectivity index (χ2v) is 6.93. The van der Waals surface area contributed by atoms with E-state index >= 15 is 0 Å². The van der Waals surface area contributed by atoms with Crippen LogP contribution >= 0.6 is 0 Å². The minimum atomic E-state index is -0.773. The normalized spacial score (nSPS) is 15.7. The molecule has 1 unspecified atom stereocenters. The molecule has 0 saturated heterocycles. The summed E-state index contributed by atoms with van der Waals surface area (Å²) >= 11 is 0. The summed E-state index contributed by atoms with van der Waals surface area (Å²) in [7, 11) is 1.30. The Morgan fingerprint density at radius 3 is 2.55 bits per heavy atom. The lowest BCUT2D eigenvalue weighted by molar-refractivity contribution is -0.146. The van der Waals surface area contributed by atoms with Crippen LogP contribution in [0.3, 0.4) is 0 Å². The summed E-state index contributed by atoms with van der Waals surface area (Å²) in [6.07, 6.45) is 2.01. The van der Waals surface area contributed by atoms with E-state index in [4.69, 9.17) is 4.74 Å². The van der Waals surface area contributed by atoms with Gasteiger partial charge >= 0.3 is 5.97 Å². The molecule has 6 nitrogen and oxygen atoms in total. The number of ether oxygens (including phenoxy) is 1. The van der Waals surface area contributed by atoms with Crippen LogP contribution in [0.2, 0.25) is 0 Å². The molecule has 1 aromatic heterocycles. The van der Waals surface area contributed by atoms with Gasteiger partial charge in [-0.15, -0.1) is 0 Å². The number of carbonyl (C=O) groups is 2. The highest BCUT2D eigenvalue weighted by Crippen LogP contribution is 2.26. The molecule has 0 bridgehead atoms. The molecule has 1 amide bonds. The smallest absolute Gasteiger partial charge is 0.329 e. The van der Waals surface area contributed by atoms with Gasteiger partial charge < -0.3 is 14.2 Å². The average molecular weight is 393 g/mol. The molecular weight excluding hydrogens is 373 g/mol. The molecule has 4 rings (SSSR count). The highest BCUT2D eigenvalue weighted by molar-refractivity contribution is 5.97. The summed E-state index contributed by atoms with van der Waals surface area (Å²) in [6, 6.07) is 14.5. The van der Waals surface area contributed by atoms with E-state index in [2.05, 4.69) is 4.98 Å². The van der Waals surface area contributed by atoms with Crippen LogP contribution in [0, 0.1) is 5.82 Å². The number of nitrogens with zero attached hydrogens (tertiary/aromatic N) is 3. The number of hydrogen-bond donors (Lipinski definition) is 0. The van der Waals surface area contributed by atoms with Gasteiger partial charge in [0.25, 0.3) is 5.91 Å². The summed E-state index contributed by atoms with van der Waals surface area (Å²) in [5.74, 6) is -1.27. The number of aromatic nitrogens is 2. The van der Waals surface area contributed by atoms with Crippen molar-refractivity contribution in [2.45, 2.75) is 25.6 Å². The van der Waals surface area contributed by atoms with Gasteiger partial charge in [0, 0.05) is 18.5 Å². The van der Waals surface area contributed by atoms with Crippen LogP contribution in [-0.2, 0) is 29.0 Å². The van der Waals surface area contributed by atoms with E-state index < -0.39 is 17.8 Å². The number of methoxy groups -OCH3 is 1. The molecule has 1 aliphatic heterocycles. The van der Waals surface area contributed by atoms with Gasteiger partial charge in [-0.2, -0.15) is 0 Å². The van der Waals surface area contributed by atoms with E-state index in [0.29, 0.717) is 12.1 Å². The maximum Gasteiger partial charge on any atom is 0.329 e. The molecule has 0 aliphatic carbocycles. The van der Waals surface area contributed by atoms with E-state index in [1.54, 1.807) is 6.33 Å². The van der Waals surface area contributed by atoms with Gasteiger partial charge in [-0.25, -0.2) is 14.2 Å². The van der Waals surface area contributed by atoms with Gasteiger partial charge in [0.1, 0.15) is 11.9 Å². The summed E-state index contributed by atoms with van der Waals surface area (Å²) in [6.45, 7) is 0.836. The quantitative estimate of drug-likeness (QED) is 0.640. The molecule has 0 N–H and O–H groups in total. The number of amides is 1.